The number of carbonyl (C=O) groups is 2. The van der Waals surface area contributed by atoms with Crippen molar-refractivity contribution in [3.05, 3.63) is 101 Å². The standard InChI is InChI=1S/C27H26N2O4/c1-3-21-22(16-19-11-7-12-20(15-19)32-2)29-14-8-13-23(25(29)24(21)26(30)27(28)31)33-17-18-9-5-4-6-10-18/h4-15H,3,16-17H2,1-2H3,(H2,28,31). The van der Waals surface area contributed by atoms with Crippen LogP contribution in [-0.2, 0) is 24.2 Å². The van der Waals surface area contributed by atoms with E-state index in [1.807, 2.05) is 84.3 Å². The molecule has 0 bridgehead atoms. The predicted octanol–water partition coefficient (Wildman–Crippen LogP) is 4.35. The van der Waals surface area contributed by atoms with Crippen molar-refractivity contribution < 1.29 is 19.1 Å². The van der Waals surface area contributed by atoms with E-state index in [4.69, 9.17) is 15.2 Å². The van der Waals surface area contributed by atoms with Gasteiger partial charge in [0.1, 0.15) is 18.1 Å². The number of hydrogen-bond acceptors (Lipinski definition) is 4. The fourth-order valence-electron chi connectivity index (χ4n) is 4.16. The molecule has 1 amide bonds. The summed E-state index contributed by atoms with van der Waals surface area (Å²) in [7, 11) is 1.63. The number of pyridine rings is 1. The van der Waals surface area contributed by atoms with Gasteiger partial charge in [0.05, 0.1) is 18.2 Å². The molecule has 0 saturated carbocycles. The molecule has 33 heavy (non-hydrogen) atoms. The van der Waals surface area contributed by atoms with Gasteiger partial charge >= 0.3 is 0 Å². The fraction of sp³-hybridized carbons (Fsp3) is 0.185. The van der Waals surface area contributed by atoms with Crippen LogP contribution in [0.3, 0.4) is 0 Å². The molecule has 2 aromatic carbocycles. The average molecular weight is 443 g/mol. The van der Waals surface area contributed by atoms with Crippen LogP contribution in [0.2, 0.25) is 0 Å². The molecule has 6 nitrogen and oxygen atoms in total. The molecule has 2 heterocycles. The molecule has 0 unspecified atom stereocenters. The highest BCUT2D eigenvalue weighted by molar-refractivity contribution is 6.44. The molecule has 0 aliphatic carbocycles. The number of aromatic nitrogens is 1. The number of carbonyl (C=O) groups excluding carboxylic acids is 2. The number of amides is 1. The van der Waals surface area contributed by atoms with Gasteiger partial charge in [-0.05, 0) is 47.4 Å². The lowest BCUT2D eigenvalue weighted by Crippen LogP contribution is -2.24. The Bertz CT molecular complexity index is 1310. The first-order valence-electron chi connectivity index (χ1n) is 10.8. The first kappa shape index (κ1) is 22.1. The van der Waals surface area contributed by atoms with Crippen molar-refractivity contribution in [1.29, 1.82) is 0 Å². The maximum absolute atomic E-state index is 13.0. The first-order chi connectivity index (χ1) is 16.0. The second kappa shape index (κ2) is 9.61. The summed E-state index contributed by atoms with van der Waals surface area (Å²) >= 11 is 0. The molecule has 6 heteroatoms. The summed E-state index contributed by atoms with van der Waals surface area (Å²) in [5, 5.41) is 0. The zero-order valence-electron chi connectivity index (χ0n) is 18.7. The fourth-order valence-corrected chi connectivity index (χ4v) is 4.16. The minimum absolute atomic E-state index is 0.312. The SMILES string of the molecule is CCc1c(C(=O)C(N)=O)c2c(OCc3ccccc3)cccn2c1Cc1cccc(OC)c1. The zero-order chi connectivity index (χ0) is 23.4. The van der Waals surface area contributed by atoms with Crippen molar-refractivity contribution >= 4 is 17.2 Å². The number of Topliss-reactive ketones (excluding diaryl/α,β-unsaturated/α-hetero) is 1. The number of fused-ring (bicyclic) bond motifs is 1. The minimum atomic E-state index is -0.983. The average Bonchev–Trinajstić information content (AvgIpc) is 3.16. The first-order valence-corrected chi connectivity index (χ1v) is 10.8. The van der Waals surface area contributed by atoms with E-state index >= 15 is 0 Å². The number of ketones is 1. The number of benzene rings is 2. The summed E-state index contributed by atoms with van der Waals surface area (Å²) < 4.78 is 13.4. The molecule has 0 aliphatic rings. The molecule has 0 spiro atoms. The number of hydrogen-bond donors (Lipinski definition) is 1. The van der Waals surface area contributed by atoms with Crippen molar-refractivity contribution in [3.8, 4) is 11.5 Å². The van der Waals surface area contributed by atoms with Crippen LogP contribution in [0.15, 0.2) is 72.9 Å². The van der Waals surface area contributed by atoms with Crippen molar-refractivity contribution in [2.75, 3.05) is 7.11 Å². The van der Waals surface area contributed by atoms with Gasteiger partial charge in [0.2, 0.25) is 0 Å². The van der Waals surface area contributed by atoms with Crippen molar-refractivity contribution in [2.24, 2.45) is 5.73 Å². The number of nitrogens with zero attached hydrogens (tertiary/aromatic N) is 1. The van der Waals surface area contributed by atoms with Gasteiger partial charge in [-0.1, -0.05) is 49.4 Å². The van der Waals surface area contributed by atoms with Crippen LogP contribution < -0.4 is 15.2 Å². The van der Waals surface area contributed by atoms with Crippen molar-refractivity contribution in [3.63, 3.8) is 0 Å². The van der Waals surface area contributed by atoms with Crippen LogP contribution in [0.4, 0.5) is 0 Å². The Kier molecular flexibility index (Phi) is 6.45. The molecule has 2 aromatic heterocycles. The highest BCUT2D eigenvalue weighted by atomic mass is 16.5. The molecular formula is C27H26N2O4. The molecule has 0 fully saturated rings. The Morgan fingerprint density at radius 3 is 2.42 bits per heavy atom. The Morgan fingerprint density at radius 2 is 1.73 bits per heavy atom. The molecule has 168 valence electrons. The van der Waals surface area contributed by atoms with Crippen molar-refractivity contribution in [1.82, 2.24) is 4.40 Å². The molecule has 4 aromatic rings. The Balaban J connectivity index is 1.87. The predicted molar refractivity (Wildman–Crippen MR) is 127 cm³/mol. The summed E-state index contributed by atoms with van der Waals surface area (Å²) in [6, 6.07) is 21.2. The number of primary amides is 1. The second-order valence-corrected chi connectivity index (χ2v) is 7.74. The van der Waals surface area contributed by atoms with Gasteiger partial charge in [-0.15, -0.1) is 0 Å². The highest BCUT2D eigenvalue weighted by Crippen LogP contribution is 2.34. The maximum Gasteiger partial charge on any atom is 0.289 e. The number of rotatable bonds is 9. The number of methoxy groups -OCH3 is 1. The molecular weight excluding hydrogens is 416 g/mol. The molecule has 2 N–H and O–H groups in total. The Hall–Kier alpha value is -4.06. The summed E-state index contributed by atoms with van der Waals surface area (Å²) in [5.41, 5.74) is 10.0. The molecule has 0 saturated heterocycles. The molecule has 0 atom stereocenters. The van der Waals surface area contributed by atoms with Crippen LogP contribution in [0.25, 0.3) is 5.52 Å². The van der Waals surface area contributed by atoms with Crippen LogP contribution in [0.5, 0.6) is 11.5 Å². The van der Waals surface area contributed by atoms with Gasteiger partial charge in [-0.2, -0.15) is 0 Å². The highest BCUT2D eigenvalue weighted by Gasteiger charge is 2.27. The third kappa shape index (κ3) is 4.46. The molecule has 0 radical (unpaired) electrons. The van der Waals surface area contributed by atoms with E-state index in [0.717, 1.165) is 28.1 Å². The van der Waals surface area contributed by atoms with Gasteiger partial charge in [0.15, 0.2) is 0 Å². The van der Waals surface area contributed by atoms with Crippen LogP contribution in [-0.4, -0.2) is 23.2 Å². The van der Waals surface area contributed by atoms with Gasteiger partial charge in [-0.25, -0.2) is 0 Å². The normalized spacial score (nSPS) is 10.8. The van der Waals surface area contributed by atoms with E-state index in [2.05, 4.69) is 0 Å². The van der Waals surface area contributed by atoms with E-state index in [9.17, 15) is 9.59 Å². The molecule has 0 aliphatic heterocycles. The smallest absolute Gasteiger partial charge is 0.289 e. The van der Waals surface area contributed by atoms with Gasteiger partial charge in [-0.3, -0.25) is 9.59 Å². The molecule has 4 rings (SSSR count). The summed E-state index contributed by atoms with van der Waals surface area (Å²) in [5.74, 6) is -0.413. The third-order valence-corrected chi connectivity index (χ3v) is 5.68. The number of nitrogens with two attached hydrogens (primary N) is 1. The minimum Gasteiger partial charge on any atom is -0.497 e. The number of ether oxygens (including phenoxy) is 2. The topological polar surface area (TPSA) is 83.0 Å². The van der Waals surface area contributed by atoms with Crippen molar-refractivity contribution in [2.45, 2.75) is 26.4 Å². The van der Waals surface area contributed by atoms with Crippen LogP contribution in [0.1, 0.15) is 39.7 Å². The largest absolute Gasteiger partial charge is 0.497 e. The van der Waals surface area contributed by atoms with E-state index in [0.29, 0.717) is 36.3 Å². The quantitative estimate of drug-likeness (QED) is 0.309. The van der Waals surface area contributed by atoms with Crippen LogP contribution >= 0.6 is 0 Å². The van der Waals surface area contributed by atoms with E-state index in [1.165, 1.54) is 0 Å². The maximum atomic E-state index is 13.0. The Morgan fingerprint density at radius 1 is 0.970 bits per heavy atom. The van der Waals surface area contributed by atoms with Crippen LogP contribution in [0, 0.1) is 0 Å². The zero-order valence-corrected chi connectivity index (χ0v) is 18.7. The summed E-state index contributed by atoms with van der Waals surface area (Å²) in [6.45, 7) is 2.30. The van der Waals surface area contributed by atoms with E-state index in [-0.39, 0.29) is 0 Å². The lowest BCUT2D eigenvalue weighted by atomic mass is 9.99. The van der Waals surface area contributed by atoms with Gasteiger partial charge in [0.25, 0.3) is 11.7 Å². The van der Waals surface area contributed by atoms with Gasteiger partial charge < -0.3 is 19.6 Å². The summed E-state index contributed by atoms with van der Waals surface area (Å²) in [4.78, 5) is 24.9. The Labute approximate surface area is 192 Å². The third-order valence-electron chi connectivity index (χ3n) is 5.68. The second-order valence-electron chi connectivity index (χ2n) is 7.74. The van der Waals surface area contributed by atoms with E-state index < -0.39 is 11.7 Å². The summed E-state index contributed by atoms with van der Waals surface area (Å²) in [6.07, 6.45) is 3.00. The lowest BCUT2D eigenvalue weighted by Gasteiger charge is -2.11. The van der Waals surface area contributed by atoms with E-state index in [1.54, 1.807) is 7.11 Å². The van der Waals surface area contributed by atoms with Gasteiger partial charge in [0, 0.05) is 18.3 Å². The monoisotopic (exact) mass is 442 g/mol. The lowest BCUT2D eigenvalue weighted by molar-refractivity contribution is -0.114.